The molecule has 0 bridgehead atoms. The molecule has 1 aromatic rings. The zero-order valence-corrected chi connectivity index (χ0v) is 9.79. The van der Waals surface area contributed by atoms with Gasteiger partial charge in [-0.15, -0.1) is 0 Å². The van der Waals surface area contributed by atoms with E-state index in [-0.39, 0.29) is 18.1 Å². The van der Waals surface area contributed by atoms with E-state index in [1.54, 1.807) is 13.8 Å². The normalized spacial score (nSPS) is 10.5. The van der Waals surface area contributed by atoms with Crippen molar-refractivity contribution in [3.05, 3.63) is 23.0 Å². The Hall–Kier alpha value is -1.72. The predicted molar refractivity (Wildman–Crippen MR) is 56.4 cm³/mol. The van der Waals surface area contributed by atoms with Crippen molar-refractivity contribution in [3.8, 4) is 5.75 Å². The summed E-state index contributed by atoms with van der Waals surface area (Å²) in [5.74, 6) is -0.609. The first-order valence-electron chi connectivity index (χ1n) is 5.02. The molecule has 94 valence electrons. The number of pyridine rings is 1. The fraction of sp³-hybridized carbons (Fsp3) is 0.455. The fourth-order valence-electron chi connectivity index (χ4n) is 1.39. The molecule has 0 atom stereocenters. The molecule has 1 aromatic heterocycles. The van der Waals surface area contributed by atoms with E-state index in [1.165, 1.54) is 13.2 Å². The van der Waals surface area contributed by atoms with E-state index >= 15 is 0 Å². The summed E-state index contributed by atoms with van der Waals surface area (Å²) in [5.41, 5.74) is -0.267. The number of aromatic nitrogens is 1. The second-order valence-electron chi connectivity index (χ2n) is 3.27. The van der Waals surface area contributed by atoms with Crippen molar-refractivity contribution < 1.29 is 23.0 Å². The third kappa shape index (κ3) is 2.89. The summed E-state index contributed by atoms with van der Waals surface area (Å²) in [6, 6.07) is 1.19. The van der Waals surface area contributed by atoms with Gasteiger partial charge in [-0.1, -0.05) is 0 Å². The lowest BCUT2D eigenvalue weighted by Gasteiger charge is -2.11. The van der Waals surface area contributed by atoms with Crippen molar-refractivity contribution in [2.45, 2.75) is 20.3 Å². The van der Waals surface area contributed by atoms with Gasteiger partial charge in [0.1, 0.15) is 5.69 Å². The molecular weight excluding hydrogens is 232 g/mol. The highest BCUT2D eigenvalue weighted by Gasteiger charge is 2.21. The van der Waals surface area contributed by atoms with Gasteiger partial charge in [-0.3, -0.25) is 0 Å². The van der Waals surface area contributed by atoms with E-state index in [1.807, 2.05) is 0 Å². The van der Waals surface area contributed by atoms with Crippen LogP contribution in [0.25, 0.3) is 0 Å². The minimum Gasteiger partial charge on any atom is -0.494 e. The lowest BCUT2D eigenvalue weighted by molar-refractivity contribution is 0.0513. The summed E-state index contributed by atoms with van der Waals surface area (Å²) < 4.78 is 34.8. The molecule has 6 heteroatoms. The van der Waals surface area contributed by atoms with Crippen LogP contribution in [0.5, 0.6) is 5.75 Å². The summed E-state index contributed by atoms with van der Waals surface area (Å²) in [6.07, 6.45) is -2.74. The monoisotopic (exact) mass is 245 g/mol. The number of esters is 1. The largest absolute Gasteiger partial charge is 0.494 e. The molecule has 0 aromatic carbocycles. The minimum absolute atomic E-state index is 0.140. The van der Waals surface area contributed by atoms with Gasteiger partial charge >= 0.3 is 5.97 Å². The van der Waals surface area contributed by atoms with E-state index in [0.717, 1.165) is 0 Å². The van der Waals surface area contributed by atoms with Gasteiger partial charge < -0.3 is 9.47 Å². The molecule has 17 heavy (non-hydrogen) atoms. The lowest BCUT2D eigenvalue weighted by atomic mass is 10.2. The number of carbonyl (C=O) groups excluding carboxylic acids is 1. The summed E-state index contributed by atoms with van der Waals surface area (Å²) in [7, 11) is 1.34. The van der Waals surface area contributed by atoms with Crippen molar-refractivity contribution in [2.24, 2.45) is 0 Å². The van der Waals surface area contributed by atoms with Gasteiger partial charge in [-0.2, -0.15) is 0 Å². The smallest absolute Gasteiger partial charge is 0.360 e. The summed E-state index contributed by atoms with van der Waals surface area (Å²) in [5, 5.41) is 0. The van der Waals surface area contributed by atoms with E-state index in [0.29, 0.717) is 5.56 Å². The molecule has 0 aliphatic carbocycles. The van der Waals surface area contributed by atoms with E-state index in [2.05, 4.69) is 4.98 Å². The van der Waals surface area contributed by atoms with Crippen molar-refractivity contribution in [1.29, 1.82) is 0 Å². The van der Waals surface area contributed by atoms with Gasteiger partial charge in [0.2, 0.25) is 0 Å². The molecule has 1 rings (SSSR count). The minimum atomic E-state index is -2.74. The number of hydrogen-bond acceptors (Lipinski definition) is 4. The number of halogens is 2. The SMILES string of the molecule is CCOC(=O)c1nc(C(F)F)cc(C)c1OC. The summed E-state index contributed by atoms with van der Waals surface area (Å²) in [4.78, 5) is 15.1. The first-order valence-corrected chi connectivity index (χ1v) is 5.02. The average Bonchev–Trinajstić information content (AvgIpc) is 2.28. The van der Waals surface area contributed by atoms with Gasteiger partial charge in [0, 0.05) is 0 Å². The molecule has 0 saturated carbocycles. The number of methoxy groups -OCH3 is 1. The van der Waals surface area contributed by atoms with Crippen LogP contribution < -0.4 is 4.74 Å². The molecular formula is C11H13F2NO3. The molecule has 0 fully saturated rings. The average molecular weight is 245 g/mol. The van der Waals surface area contributed by atoms with Crippen molar-refractivity contribution in [3.63, 3.8) is 0 Å². The number of rotatable bonds is 4. The zero-order chi connectivity index (χ0) is 13.0. The Balaban J connectivity index is 3.28. The van der Waals surface area contributed by atoms with E-state index in [9.17, 15) is 13.6 Å². The molecule has 0 aliphatic rings. The highest BCUT2D eigenvalue weighted by molar-refractivity contribution is 5.90. The third-order valence-corrected chi connectivity index (χ3v) is 2.08. The molecule has 1 heterocycles. The van der Waals surface area contributed by atoms with E-state index < -0.39 is 18.1 Å². The van der Waals surface area contributed by atoms with Crippen molar-refractivity contribution >= 4 is 5.97 Å². The molecule has 0 saturated heterocycles. The summed E-state index contributed by atoms with van der Waals surface area (Å²) in [6.45, 7) is 3.32. The van der Waals surface area contributed by atoms with Gasteiger partial charge in [0.15, 0.2) is 11.4 Å². The van der Waals surface area contributed by atoms with Crippen LogP contribution in [0, 0.1) is 6.92 Å². The van der Waals surface area contributed by atoms with Gasteiger partial charge in [0.05, 0.1) is 13.7 Å². The number of carbonyl (C=O) groups is 1. The molecule has 0 N–H and O–H groups in total. The molecule has 0 amide bonds. The number of alkyl halides is 2. The quantitative estimate of drug-likeness (QED) is 0.765. The fourth-order valence-corrected chi connectivity index (χ4v) is 1.39. The Kier molecular flexibility index (Phi) is 4.37. The topological polar surface area (TPSA) is 48.4 Å². The van der Waals surface area contributed by atoms with Gasteiger partial charge in [-0.05, 0) is 25.5 Å². The maximum absolute atomic E-state index is 12.6. The molecule has 0 spiro atoms. The van der Waals surface area contributed by atoms with Gasteiger partial charge in [-0.25, -0.2) is 18.6 Å². The van der Waals surface area contributed by atoms with Crippen LogP contribution in [0.1, 0.15) is 35.1 Å². The van der Waals surface area contributed by atoms with E-state index in [4.69, 9.17) is 9.47 Å². The Morgan fingerprint density at radius 3 is 2.65 bits per heavy atom. The number of hydrogen-bond donors (Lipinski definition) is 0. The van der Waals surface area contributed by atoms with Crippen LogP contribution in [-0.2, 0) is 4.74 Å². The van der Waals surface area contributed by atoms with Gasteiger partial charge in [0.25, 0.3) is 6.43 Å². The molecule has 0 radical (unpaired) electrons. The zero-order valence-electron chi connectivity index (χ0n) is 9.79. The number of nitrogens with zero attached hydrogens (tertiary/aromatic N) is 1. The van der Waals surface area contributed by atoms with Crippen LogP contribution in [0.15, 0.2) is 6.07 Å². The number of aryl methyl sites for hydroxylation is 1. The highest BCUT2D eigenvalue weighted by atomic mass is 19.3. The maximum Gasteiger partial charge on any atom is 0.360 e. The number of ether oxygens (including phenoxy) is 2. The predicted octanol–water partition coefficient (Wildman–Crippen LogP) is 2.51. The molecule has 0 unspecified atom stereocenters. The Bertz CT molecular complexity index is 421. The van der Waals surface area contributed by atoms with Crippen LogP contribution in [-0.4, -0.2) is 24.7 Å². The van der Waals surface area contributed by atoms with Crippen LogP contribution in [0.4, 0.5) is 8.78 Å². The summed E-state index contributed by atoms with van der Waals surface area (Å²) >= 11 is 0. The first-order chi connectivity index (χ1) is 8.01. The van der Waals surface area contributed by atoms with Crippen LogP contribution in [0.3, 0.4) is 0 Å². The molecule has 4 nitrogen and oxygen atoms in total. The first kappa shape index (κ1) is 13.3. The Labute approximate surface area is 97.6 Å². The Morgan fingerprint density at radius 1 is 1.53 bits per heavy atom. The second kappa shape index (κ2) is 5.56. The van der Waals surface area contributed by atoms with Crippen LogP contribution in [0.2, 0.25) is 0 Å². The standard InChI is InChI=1S/C11H13F2NO3/c1-4-17-11(15)8-9(16-3)6(2)5-7(14-8)10(12)13/h5,10H,4H2,1-3H3. The third-order valence-electron chi connectivity index (χ3n) is 2.08. The lowest BCUT2D eigenvalue weighted by Crippen LogP contribution is -2.12. The Morgan fingerprint density at radius 2 is 2.18 bits per heavy atom. The van der Waals surface area contributed by atoms with Crippen LogP contribution >= 0.6 is 0 Å². The second-order valence-corrected chi connectivity index (χ2v) is 3.27. The van der Waals surface area contributed by atoms with Crippen molar-refractivity contribution in [2.75, 3.05) is 13.7 Å². The van der Waals surface area contributed by atoms with Crippen molar-refractivity contribution in [1.82, 2.24) is 4.98 Å². The molecule has 0 aliphatic heterocycles. The highest BCUT2D eigenvalue weighted by Crippen LogP contribution is 2.27. The maximum atomic E-state index is 12.6.